The molecule has 0 saturated carbocycles. The molecule has 10 heteroatoms. The number of carbonyl (C=O) groups is 3. The van der Waals surface area contributed by atoms with E-state index in [4.69, 9.17) is 9.47 Å². The normalized spacial score (nSPS) is 16.0. The summed E-state index contributed by atoms with van der Waals surface area (Å²) >= 11 is 0. The van der Waals surface area contributed by atoms with E-state index < -0.39 is 18.0 Å². The van der Waals surface area contributed by atoms with E-state index in [1.165, 1.54) is 12.1 Å². The molecule has 4 rings (SSSR count). The van der Waals surface area contributed by atoms with Gasteiger partial charge in [0.15, 0.2) is 0 Å². The van der Waals surface area contributed by atoms with E-state index in [0.717, 1.165) is 31.5 Å². The minimum atomic E-state index is -0.660. The standard InChI is InChI=1S/C22H24N4O6/c1-2-31-21(29)15-11-23-22(30)25-17(15)12-32-20(28)13-7-8-14-16(10-13)24-18-6-4-3-5-9-26(18)19(14)27/h7-8,10H,2-6,9,11-12H2,1H3,(H2,23,25,30). The fourth-order valence-corrected chi connectivity index (χ4v) is 3.84. The molecule has 0 fully saturated rings. The van der Waals surface area contributed by atoms with Crippen LogP contribution in [0.5, 0.6) is 0 Å². The lowest BCUT2D eigenvalue weighted by Gasteiger charge is -2.21. The number of fused-ring (bicyclic) bond motifs is 2. The molecule has 0 atom stereocenters. The van der Waals surface area contributed by atoms with Gasteiger partial charge in [-0.1, -0.05) is 6.42 Å². The van der Waals surface area contributed by atoms with Crippen molar-refractivity contribution in [2.75, 3.05) is 19.8 Å². The quantitative estimate of drug-likeness (QED) is 0.673. The zero-order chi connectivity index (χ0) is 22.7. The molecule has 2 N–H and O–H groups in total. The average Bonchev–Trinajstić information content (AvgIpc) is 3.03. The zero-order valence-electron chi connectivity index (χ0n) is 17.7. The van der Waals surface area contributed by atoms with Crippen molar-refractivity contribution >= 4 is 28.9 Å². The van der Waals surface area contributed by atoms with Gasteiger partial charge >= 0.3 is 18.0 Å². The summed E-state index contributed by atoms with van der Waals surface area (Å²) < 4.78 is 12.0. The molecular weight excluding hydrogens is 416 g/mol. The smallest absolute Gasteiger partial charge is 0.338 e. The average molecular weight is 440 g/mol. The van der Waals surface area contributed by atoms with Gasteiger partial charge in [0.05, 0.1) is 40.9 Å². The van der Waals surface area contributed by atoms with Gasteiger partial charge in [-0.3, -0.25) is 9.36 Å². The zero-order valence-corrected chi connectivity index (χ0v) is 17.7. The highest BCUT2D eigenvalue weighted by Gasteiger charge is 2.25. The lowest BCUT2D eigenvalue weighted by Crippen LogP contribution is -2.45. The molecule has 0 saturated heterocycles. The molecule has 2 aromatic rings. The summed E-state index contributed by atoms with van der Waals surface area (Å²) in [5, 5.41) is 5.42. The molecule has 2 aliphatic rings. The predicted octanol–water partition coefficient (Wildman–Crippen LogP) is 1.41. The second-order valence-corrected chi connectivity index (χ2v) is 7.59. The Kier molecular flexibility index (Phi) is 6.20. The highest BCUT2D eigenvalue weighted by molar-refractivity contribution is 5.95. The summed E-state index contributed by atoms with van der Waals surface area (Å²) in [7, 11) is 0. The number of urea groups is 1. The predicted molar refractivity (Wildman–Crippen MR) is 114 cm³/mol. The number of rotatable bonds is 5. The van der Waals surface area contributed by atoms with E-state index in [1.807, 2.05) is 0 Å². The van der Waals surface area contributed by atoms with E-state index in [1.54, 1.807) is 17.6 Å². The Hall–Kier alpha value is -3.69. The van der Waals surface area contributed by atoms with Crippen LogP contribution in [-0.4, -0.2) is 47.3 Å². The van der Waals surface area contributed by atoms with Gasteiger partial charge in [0.2, 0.25) is 0 Å². The first-order valence-corrected chi connectivity index (χ1v) is 10.6. The number of aromatic nitrogens is 2. The number of hydrogen-bond donors (Lipinski definition) is 2. The number of nitrogens with one attached hydrogen (secondary N) is 2. The van der Waals surface area contributed by atoms with Crippen molar-refractivity contribution in [3.05, 3.63) is 51.2 Å². The minimum Gasteiger partial charge on any atom is -0.463 e. The summed E-state index contributed by atoms with van der Waals surface area (Å²) in [6.07, 6.45) is 3.68. The highest BCUT2D eigenvalue weighted by atomic mass is 16.5. The Bertz CT molecular complexity index is 1180. The molecule has 10 nitrogen and oxygen atoms in total. The number of amides is 2. The Morgan fingerprint density at radius 1 is 1.12 bits per heavy atom. The van der Waals surface area contributed by atoms with Crippen molar-refractivity contribution in [3.63, 3.8) is 0 Å². The van der Waals surface area contributed by atoms with Crippen LogP contribution in [0, 0.1) is 0 Å². The van der Waals surface area contributed by atoms with Gasteiger partial charge in [-0.25, -0.2) is 19.4 Å². The summed E-state index contributed by atoms with van der Waals surface area (Å²) in [5.41, 5.74) is 0.923. The molecule has 3 heterocycles. The van der Waals surface area contributed by atoms with Gasteiger partial charge in [0.25, 0.3) is 5.56 Å². The van der Waals surface area contributed by atoms with Crippen LogP contribution in [0.25, 0.3) is 10.9 Å². The van der Waals surface area contributed by atoms with Crippen LogP contribution in [0.15, 0.2) is 34.3 Å². The Labute approximate surface area is 183 Å². The van der Waals surface area contributed by atoms with E-state index >= 15 is 0 Å². The highest BCUT2D eigenvalue weighted by Crippen LogP contribution is 2.17. The third-order valence-corrected chi connectivity index (χ3v) is 5.48. The van der Waals surface area contributed by atoms with Gasteiger partial charge in [-0.15, -0.1) is 0 Å². The van der Waals surface area contributed by atoms with Crippen LogP contribution in [-0.2, 0) is 27.2 Å². The molecule has 1 aromatic heterocycles. The number of ether oxygens (including phenoxy) is 2. The number of carbonyl (C=O) groups excluding carboxylic acids is 3. The maximum Gasteiger partial charge on any atom is 0.338 e. The lowest BCUT2D eigenvalue weighted by atomic mass is 10.1. The third kappa shape index (κ3) is 4.34. The summed E-state index contributed by atoms with van der Waals surface area (Å²) in [4.78, 5) is 53.8. The molecular formula is C22H24N4O6. The largest absolute Gasteiger partial charge is 0.463 e. The van der Waals surface area contributed by atoms with Gasteiger partial charge in [0, 0.05) is 13.0 Å². The van der Waals surface area contributed by atoms with E-state index in [9.17, 15) is 19.2 Å². The molecule has 2 aliphatic heterocycles. The van der Waals surface area contributed by atoms with Crippen LogP contribution in [0.2, 0.25) is 0 Å². The number of aryl methyl sites for hydroxylation is 1. The van der Waals surface area contributed by atoms with E-state index in [2.05, 4.69) is 15.6 Å². The minimum absolute atomic E-state index is 0.0213. The SMILES string of the molecule is CCOC(=O)C1=C(COC(=O)c2ccc3c(=O)n4c(nc3c2)CCCCC4)NC(=O)NC1. The lowest BCUT2D eigenvalue weighted by molar-refractivity contribution is -0.138. The Balaban J connectivity index is 1.56. The Morgan fingerprint density at radius 2 is 1.97 bits per heavy atom. The molecule has 0 bridgehead atoms. The van der Waals surface area contributed by atoms with Gasteiger partial charge in [-0.2, -0.15) is 0 Å². The van der Waals surface area contributed by atoms with E-state index in [-0.39, 0.29) is 42.2 Å². The Morgan fingerprint density at radius 3 is 2.78 bits per heavy atom. The monoisotopic (exact) mass is 440 g/mol. The van der Waals surface area contributed by atoms with Crippen LogP contribution in [0.1, 0.15) is 42.4 Å². The van der Waals surface area contributed by atoms with Crippen molar-refractivity contribution in [2.24, 2.45) is 0 Å². The number of hydrogen-bond acceptors (Lipinski definition) is 7. The van der Waals surface area contributed by atoms with Crippen molar-refractivity contribution in [3.8, 4) is 0 Å². The summed E-state index contributed by atoms with van der Waals surface area (Å²) in [5.74, 6) is -0.526. The van der Waals surface area contributed by atoms with Gasteiger partial charge in [-0.05, 0) is 38.0 Å². The molecule has 0 spiro atoms. The van der Waals surface area contributed by atoms with E-state index in [0.29, 0.717) is 17.4 Å². The fourth-order valence-electron chi connectivity index (χ4n) is 3.84. The van der Waals surface area contributed by atoms with Crippen molar-refractivity contribution in [2.45, 2.75) is 39.2 Å². The molecule has 0 unspecified atom stereocenters. The summed E-state index contributed by atoms with van der Waals surface area (Å²) in [6.45, 7) is 2.17. The fraction of sp³-hybridized carbons (Fsp3) is 0.409. The topological polar surface area (TPSA) is 129 Å². The van der Waals surface area contributed by atoms with Crippen LogP contribution >= 0.6 is 0 Å². The molecule has 0 aliphatic carbocycles. The van der Waals surface area contributed by atoms with Gasteiger partial charge in [0.1, 0.15) is 12.4 Å². The van der Waals surface area contributed by atoms with Gasteiger partial charge < -0.3 is 20.1 Å². The van der Waals surface area contributed by atoms with Crippen LogP contribution in [0.4, 0.5) is 4.79 Å². The van der Waals surface area contributed by atoms with Crippen molar-refractivity contribution < 1.29 is 23.9 Å². The third-order valence-electron chi connectivity index (χ3n) is 5.48. The van der Waals surface area contributed by atoms with Crippen molar-refractivity contribution in [1.29, 1.82) is 0 Å². The molecule has 0 radical (unpaired) electrons. The molecule has 32 heavy (non-hydrogen) atoms. The number of nitrogens with zero attached hydrogens (tertiary/aromatic N) is 2. The second kappa shape index (κ2) is 9.21. The molecule has 168 valence electrons. The second-order valence-electron chi connectivity index (χ2n) is 7.59. The number of benzene rings is 1. The molecule has 2 amide bonds. The first-order valence-electron chi connectivity index (χ1n) is 10.6. The maximum atomic E-state index is 12.8. The maximum absolute atomic E-state index is 12.8. The summed E-state index contributed by atoms with van der Waals surface area (Å²) in [6, 6.07) is 4.13. The first-order chi connectivity index (χ1) is 15.5. The first kappa shape index (κ1) is 21.5. The number of esters is 2. The van der Waals surface area contributed by atoms with Crippen LogP contribution in [0.3, 0.4) is 0 Å². The molecule has 1 aromatic carbocycles. The van der Waals surface area contributed by atoms with Crippen LogP contribution < -0.4 is 16.2 Å². The van der Waals surface area contributed by atoms with Crippen molar-refractivity contribution in [1.82, 2.24) is 20.2 Å².